The Balaban J connectivity index is 1.74. The highest BCUT2D eigenvalue weighted by molar-refractivity contribution is 5.71. The molecule has 1 heterocycles. The first-order valence-electron chi connectivity index (χ1n) is 7.83. The van der Waals surface area contributed by atoms with E-state index in [1.807, 2.05) is 12.1 Å². The van der Waals surface area contributed by atoms with E-state index >= 15 is 0 Å². The van der Waals surface area contributed by atoms with Crippen LogP contribution < -0.4 is 9.47 Å². The standard InChI is InChI=1S/C17H25NO3/c1-3-17(19)21-16-9-7-15(8-10-16)20-13-11-14-6-4-5-12-18(14)2/h7-10,14H,3-6,11-13H2,1-2H3. The molecule has 0 bridgehead atoms. The molecule has 1 fully saturated rings. The Labute approximate surface area is 127 Å². The molecule has 0 saturated carbocycles. The third-order valence-electron chi connectivity index (χ3n) is 3.99. The summed E-state index contributed by atoms with van der Waals surface area (Å²) in [6.07, 6.45) is 5.35. The van der Waals surface area contributed by atoms with Gasteiger partial charge in [-0.15, -0.1) is 0 Å². The molecule has 0 aliphatic carbocycles. The largest absolute Gasteiger partial charge is 0.494 e. The Bertz CT molecular complexity index is 444. The van der Waals surface area contributed by atoms with Gasteiger partial charge in [-0.25, -0.2) is 0 Å². The summed E-state index contributed by atoms with van der Waals surface area (Å²) in [5.41, 5.74) is 0. The lowest BCUT2D eigenvalue weighted by Crippen LogP contribution is -2.37. The third-order valence-corrected chi connectivity index (χ3v) is 3.99. The molecular weight excluding hydrogens is 266 g/mol. The number of nitrogens with zero attached hydrogens (tertiary/aromatic N) is 1. The van der Waals surface area contributed by atoms with E-state index in [0.717, 1.165) is 18.8 Å². The van der Waals surface area contributed by atoms with Crippen LogP contribution in [0.2, 0.25) is 0 Å². The number of esters is 1. The lowest BCUT2D eigenvalue weighted by molar-refractivity contribution is -0.134. The fourth-order valence-corrected chi connectivity index (χ4v) is 2.63. The zero-order valence-electron chi connectivity index (χ0n) is 13.0. The summed E-state index contributed by atoms with van der Waals surface area (Å²) in [6, 6.07) is 7.89. The van der Waals surface area contributed by atoms with E-state index in [1.54, 1.807) is 19.1 Å². The number of likely N-dealkylation sites (tertiary alicyclic amines) is 1. The normalized spacial score (nSPS) is 19.2. The smallest absolute Gasteiger partial charge is 0.310 e. The molecular formula is C17H25NO3. The van der Waals surface area contributed by atoms with E-state index in [4.69, 9.17) is 9.47 Å². The monoisotopic (exact) mass is 291 g/mol. The number of hydrogen-bond acceptors (Lipinski definition) is 4. The van der Waals surface area contributed by atoms with Crippen LogP contribution in [0, 0.1) is 0 Å². The van der Waals surface area contributed by atoms with E-state index in [1.165, 1.54) is 25.8 Å². The maximum absolute atomic E-state index is 11.2. The van der Waals surface area contributed by atoms with Crippen molar-refractivity contribution in [1.29, 1.82) is 0 Å². The maximum Gasteiger partial charge on any atom is 0.310 e. The number of benzene rings is 1. The fraction of sp³-hybridized carbons (Fsp3) is 0.588. The SMILES string of the molecule is CCC(=O)Oc1ccc(OCCC2CCCCN2C)cc1. The number of ether oxygens (including phenoxy) is 2. The molecule has 1 atom stereocenters. The van der Waals surface area contributed by atoms with Crippen molar-refractivity contribution < 1.29 is 14.3 Å². The number of carbonyl (C=O) groups excluding carboxylic acids is 1. The molecule has 0 aromatic heterocycles. The molecule has 2 rings (SSSR count). The van der Waals surface area contributed by atoms with Gasteiger partial charge in [-0.1, -0.05) is 13.3 Å². The number of hydrogen-bond donors (Lipinski definition) is 0. The summed E-state index contributed by atoms with van der Waals surface area (Å²) >= 11 is 0. The van der Waals surface area contributed by atoms with Gasteiger partial charge in [0, 0.05) is 12.5 Å². The van der Waals surface area contributed by atoms with Crippen molar-refractivity contribution in [2.24, 2.45) is 0 Å². The van der Waals surface area contributed by atoms with Gasteiger partial charge in [0.1, 0.15) is 11.5 Å². The summed E-state index contributed by atoms with van der Waals surface area (Å²) in [5, 5.41) is 0. The first-order valence-corrected chi connectivity index (χ1v) is 7.83. The van der Waals surface area contributed by atoms with Gasteiger partial charge in [-0.05, 0) is 57.1 Å². The van der Waals surface area contributed by atoms with Crippen LogP contribution in [0.25, 0.3) is 0 Å². The molecule has 0 spiro atoms. The van der Waals surface area contributed by atoms with Crippen LogP contribution in [0.4, 0.5) is 0 Å². The molecule has 4 nitrogen and oxygen atoms in total. The summed E-state index contributed by atoms with van der Waals surface area (Å²) in [4.78, 5) is 13.6. The van der Waals surface area contributed by atoms with Crippen LogP contribution in [-0.2, 0) is 4.79 Å². The van der Waals surface area contributed by atoms with Crippen LogP contribution in [-0.4, -0.2) is 37.1 Å². The topological polar surface area (TPSA) is 38.8 Å². The highest BCUT2D eigenvalue weighted by Crippen LogP contribution is 2.20. The lowest BCUT2D eigenvalue weighted by atomic mass is 10.0. The summed E-state index contributed by atoms with van der Waals surface area (Å²) in [6.45, 7) is 3.70. The minimum absolute atomic E-state index is 0.219. The van der Waals surface area contributed by atoms with Crippen LogP contribution in [0.3, 0.4) is 0 Å². The van der Waals surface area contributed by atoms with Gasteiger partial charge in [0.15, 0.2) is 0 Å². The number of carbonyl (C=O) groups is 1. The number of piperidine rings is 1. The van der Waals surface area contributed by atoms with Gasteiger partial charge < -0.3 is 14.4 Å². The molecule has 1 unspecified atom stereocenters. The van der Waals surface area contributed by atoms with E-state index in [0.29, 0.717) is 18.2 Å². The van der Waals surface area contributed by atoms with Crippen LogP contribution >= 0.6 is 0 Å². The molecule has 1 aliphatic rings. The molecule has 116 valence electrons. The molecule has 21 heavy (non-hydrogen) atoms. The van der Waals surface area contributed by atoms with Crippen molar-refractivity contribution >= 4 is 5.97 Å². The molecule has 0 radical (unpaired) electrons. The first kappa shape index (κ1) is 15.8. The van der Waals surface area contributed by atoms with Crippen LogP contribution in [0.5, 0.6) is 11.5 Å². The Kier molecular flexibility index (Phi) is 6.05. The van der Waals surface area contributed by atoms with Gasteiger partial charge >= 0.3 is 5.97 Å². The summed E-state index contributed by atoms with van der Waals surface area (Å²) < 4.78 is 10.9. The Morgan fingerprint density at radius 1 is 1.24 bits per heavy atom. The van der Waals surface area contributed by atoms with E-state index in [-0.39, 0.29) is 5.97 Å². The van der Waals surface area contributed by atoms with Crippen LogP contribution in [0.15, 0.2) is 24.3 Å². The van der Waals surface area contributed by atoms with Gasteiger partial charge in [0.25, 0.3) is 0 Å². The van der Waals surface area contributed by atoms with Gasteiger partial charge in [0.05, 0.1) is 6.61 Å². The molecule has 4 heteroatoms. The second-order valence-corrected chi connectivity index (χ2v) is 5.57. The van der Waals surface area contributed by atoms with Crippen molar-refractivity contribution in [1.82, 2.24) is 4.90 Å². The first-order chi connectivity index (χ1) is 10.2. The fourth-order valence-electron chi connectivity index (χ4n) is 2.63. The quantitative estimate of drug-likeness (QED) is 0.596. The zero-order chi connectivity index (χ0) is 15.1. The molecule has 1 aliphatic heterocycles. The van der Waals surface area contributed by atoms with E-state index in [9.17, 15) is 4.79 Å². The molecule has 1 saturated heterocycles. The highest BCUT2D eigenvalue weighted by atomic mass is 16.5. The highest BCUT2D eigenvalue weighted by Gasteiger charge is 2.18. The average molecular weight is 291 g/mol. The van der Waals surface area contributed by atoms with Crippen molar-refractivity contribution in [2.75, 3.05) is 20.2 Å². The predicted molar refractivity (Wildman–Crippen MR) is 82.7 cm³/mol. The van der Waals surface area contributed by atoms with E-state index < -0.39 is 0 Å². The molecule has 1 aromatic carbocycles. The number of rotatable bonds is 6. The van der Waals surface area contributed by atoms with Crippen molar-refractivity contribution in [3.8, 4) is 11.5 Å². The zero-order valence-corrected chi connectivity index (χ0v) is 13.0. The third kappa shape index (κ3) is 5.05. The van der Waals surface area contributed by atoms with Crippen molar-refractivity contribution in [2.45, 2.75) is 45.1 Å². The van der Waals surface area contributed by atoms with E-state index in [2.05, 4.69) is 11.9 Å². The van der Waals surface area contributed by atoms with Crippen LogP contribution in [0.1, 0.15) is 39.0 Å². The maximum atomic E-state index is 11.2. The Morgan fingerprint density at radius 2 is 1.95 bits per heavy atom. The van der Waals surface area contributed by atoms with Gasteiger partial charge in [0.2, 0.25) is 0 Å². The predicted octanol–water partition coefficient (Wildman–Crippen LogP) is 3.26. The Hall–Kier alpha value is -1.55. The Morgan fingerprint density at radius 3 is 2.62 bits per heavy atom. The lowest BCUT2D eigenvalue weighted by Gasteiger charge is -2.32. The summed E-state index contributed by atoms with van der Waals surface area (Å²) in [7, 11) is 2.20. The van der Waals surface area contributed by atoms with Crippen molar-refractivity contribution in [3.63, 3.8) is 0 Å². The average Bonchev–Trinajstić information content (AvgIpc) is 2.51. The van der Waals surface area contributed by atoms with Gasteiger partial charge in [-0.2, -0.15) is 0 Å². The second-order valence-electron chi connectivity index (χ2n) is 5.57. The minimum Gasteiger partial charge on any atom is -0.494 e. The summed E-state index contributed by atoms with van der Waals surface area (Å²) in [5.74, 6) is 1.18. The molecule has 0 N–H and O–H groups in total. The minimum atomic E-state index is -0.219. The molecule has 0 amide bonds. The molecule has 1 aromatic rings. The van der Waals surface area contributed by atoms with Crippen molar-refractivity contribution in [3.05, 3.63) is 24.3 Å². The van der Waals surface area contributed by atoms with Gasteiger partial charge in [-0.3, -0.25) is 4.79 Å². The second kappa shape index (κ2) is 8.03.